The molecule has 1 N–H and O–H groups in total. The number of aryl methyl sites for hydroxylation is 1. The van der Waals surface area contributed by atoms with E-state index in [1.807, 2.05) is 74.5 Å². The molecule has 2 aromatic carbocycles. The molecule has 6 nitrogen and oxygen atoms in total. The normalized spacial score (nSPS) is 19.6. The zero-order valence-corrected chi connectivity index (χ0v) is 19.8. The van der Waals surface area contributed by atoms with Gasteiger partial charge in [0.2, 0.25) is 5.91 Å². The Morgan fingerprint density at radius 1 is 0.971 bits per heavy atom. The van der Waals surface area contributed by atoms with Crippen molar-refractivity contribution in [1.29, 1.82) is 0 Å². The molecule has 0 spiro atoms. The number of amides is 1. The Bertz CT molecular complexity index is 1330. The second-order valence-electron chi connectivity index (χ2n) is 9.04. The number of para-hydroxylation sites is 1. The Morgan fingerprint density at radius 2 is 1.77 bits per heavy atom. The molecule has 1 aliphatic heterocycles. The molecule has 0 bridgehead atoms. The molecule has 3 aromatic rings. The van der Waals surface area contributed by atoms with Crippen LogP contribution in [0.1, 0.15) is 43.2 Å². The van der Waals surface area contributed by atoms with Crippen LogP contribution in [0.5, 0.6) is 11.5 Å². The van der Waals surface area contributed by atoms with Crippen molar-refractivity contribution >= 4 is 23.2 Å². The second-order valence-corrected chi connectivity index (χ2v) is 9.04. The fourth-order valence-corrected chi connectivity index (χ4v) is 4.85. The number of ether oxygens (including phenoxy) is 1. The van der Waals surface area contributed by atoms with Crippen LogP contribution in [0.25, 0.3) is 0 Å². The third kappa shape index (κ3) is 4.78. The average molecular weight is 466 g/mol. The first-order valence-corrected chi connectivity index (χ1v) is 11.9. The molecule has 2 atom stereocenters. The number of anilines is 1. The van der Waals surface area contributed by atoms with E-state index in [0.29, 0.717) is 29.3 Å². The summed E-state index contributed by atoms with van der Waals surface area (Å²) in [6, 6.07) is 20.9. The quantitative estimate of drug-likeness (QED) is 0.501. The fraction of sp³-hybridized carbons (Fsp3) is 0.241. The predicted octanol–water partition coefficient (Wildman–Crippen LogP) is 6.00. The summed E-state index contributed by atoms with van der Waals surface area (Å²) in [6.45, 7) is 3.81. The maximum atomic E-state index is 13.6. The van der Waals surface area contributed by atoms with Gasteiger partial charge in [-0.1, -0.05) is 36.4 Å². The van der Waals surface area contributed by atoms with Crippen LogP contribution in [0.4, 0.5) is 5.82 Å². The summed E-state index contributed by atoms with van der Waals surface area (Å²) in [6.07, 6.45) is 3.70. The predicted molar refractivity (Wildman–Crippen MR) is 136 cm³/mol. The van der Waals surface area contributed by atoms with Crippen LogP contribution in [0, 0.1) is 12.8 Å². The van der Waals surface area contributed by atoms with E-state index >= 15 is 0 Å². The van der Waals surface area contributed by atoms with Crippen LogP contribution in [0.15, 0.2) is 89.2 Å². The van der Waals surface area contributed by atoms with Gasteiger partial charge in [-0.15, -0.1) is 0 Å². The second kappa shape index (κ2) is 9.66. The van der Waals surface area contributed by atoms with Gasteiger partial charge in [0.25, 0.3) is 0 Å². The van der Waals surface area contributed by atoms with Crippen molar-refractivity contribution in [2.75, 3.05) is 5.32 Å². The summed E-state index contributed by atoms with van der Waals surface area (Å²) in [7, 11) is 0. The molecule has 176 valence electrons. The monoisotopic (exact) mass is 465 g/mol. The van der Waals surface area contributed by atoms with Crippen molar-refractivity contribution in [3.05, 3.63) is 95.3 Å². The summed E-state index contributed by atoms with van der Waals surface area (Å²) < 4.78 is 6.06. The summed E-state index contributed by atoms with van der Waals surface area (Å²) in [5.74, 6) is 0.604. The maximum Gasteiger partial charge on any atom is 0.235 e. The minimum atomic E-state index is -0.633. The van der Waals surface area contributed by atoms with Gasteiger partial charge in [-0.25, -0.2) is 4.98 Å². The van der Waals surface area contributed by atoms with Gasteiger partial charge in [0.15, 0.2) is 5.78 Å². The molecule has 1 aromatic heterocycles. The Morgan fingerprint density at radius 3 is 2.54 bits per heavy atom. The molecular formula is C29H27N3O3. The molecular weight excluding hydrogens is 438 g/mol. The van der Waals surface area contributed by atoms with Gasteiger partial charge in [-0.05, 0) is 68.1 Å². The number of carbonyl (C=O) groups excluding carboxylic acids is 2. The van der Waals surface area contributed by atoms with E-state index in [1.165, 1.54) is 0 Å². The lowest BCUT2D eigenvalue weighted by molar-refractivity contribution is -0.119. The third-order valence-electron chi connectivity index (χ3n) is 6.48. The third-order valence-corrected chi connectivity index (χ3v) is 6.48. The zero-order chi connectivity index (χ0) is 24.4. The topological polar surface area (TPSA) is 80.6 Å². The molecule has 2 aliphatic rings. The minimum Gasteiger partial charge on any atom is -0.457 e. The summed E-state index contributed by atoms with van der Waals surface area (Å²) >= 11 is 0. The summed E-state index contributed by atoms with van der Waals surface area (Å²) in [5.41, 5.74) is 4.01. The molecule has 2 heterocycles. The number of hydrogen-bond donors (Lipinski definition) is 1. The lowest BCUT2D eigenvalue weighted by atomic mass is 9.71. The van der Waals surface area contributed by atoms with E-state index in [0.717, 1.165) is 35.4 Å². The first-order chi connectivity index (χ1) is 17.0. The first kappa shape index (κ1) is 22.7. The van der Waals surface area contributed by atoms with Gasteiger partial charge < -0.3 is 10.1 Å². The molecule has 0 radical (unpaired) electrons. The van der Waals surface area contributed by atoms with Crippen LogP contribution < -0.4 is 10.1 Å². The molecule has 1 amide bonds. The Kier molecular flexibility index (Phi) is 6.27. The van der Waals surface area contributed by atoms with E-state index in [-0.39, 0.29) is 11.7 Å². The highest BCUT2D eigenvalue weighted by atomic mass is 16.5. The first-order valence-electron chi connectivity index (χ1n) is 11.9. The van der Waals surface area contributed by atoms with E-state index in [1.54, 1.807) is 12.3 Å². The molecule has 1 aliphatic carbocycles. The van der Waals surface area contributed by atoms with Crippen molar-refractivity contribution in [2.24, 2.45) is 10.9 Å². The number of rotatable bonds is 5. The lowest BCUT2D eigenvalue weighted by Crippen LogP contribution is -2.39. The number of nitrogens with zero attached hydrogens (tertiary/aromatic N) is 2. The van der Waals surface area contributed by atoms with Gasteiger partial charge >= 0.3 is 0 Å². The summed E-state index contributed by atoms with van der Waals surface area (Å²) in [4.78, 5) is 35.8. The summed E-state index contributed by atoms with van der Waals surface area (Å²) in [5, 5.41) is 2.94. The number of hydrogen-bond acceptors (Lipinski definition) is 5. The number of aromatic nitrogens is 1. The fourth-order valence-electron chi connectivity index (χ4n) is 4.85. The van der Waals surface area contributed by atoms with Gasteiger partial charge in [0, 0.05) is 35.5 Å². The van der Waals surface area contributed by atoms with E-state index < -0.39 is 11.8 Å². The highest BCUT2D eigenvalue weighted by Crippen LogP contribution is 2.44. The van der Waals surface area contributed by atoms with Crippen LogP contribution >= 0.6 is 0 Å². The van der Waals surface area contributed by atoms with Crippen molar-refractivity contribution in [3.63, 3.8) is 0 Å². The number of Topliss-reactive ketones (excluding diaryl/α,β-unsaturated/α-hetero) is 1. The highest BCUT2D eigenvalue weighted by Gasteiger charge is 2.42. The molecule has 5 rings (SSSR count). The minimum absolute atomic E-state index is 0.0631. The Hall–Kier alpha value is -4.06. The molecule has 0 saturated heterocycles. The number of aliphatic imine (C=N–C) groups is 1. The number of pyridine rings is 1. The molecule has 0 saturated carbocycles. The Labute approximate surface area is 204 Å². The maximum absolute atomic E-state index is 13.6. The van der Waals surface area contributed by atoms with Crippen molar-refractivity contribution in [1.82, 2.24) is 4.98 Å². The van der Waals surface area contributed by atoms with Crippen molar-refractivity contribution < 1.29 is 14.3 Å². The van der Waals surface area contributed by atoms with Crippen LogP contribution in [0.3, 0.4) is 0 Å². The SMILES string of the molecule is CC1=NC2=C(C(=O)CCC2)[C@@H](c2cccc(Oc3ccccc3)c2)C1C(=O)Nc1ccc(C)cn1. The van der Waals surface area contributed by atoms with Gasteiger partial charge in [0.05, 0.1) is 5.92 Å². The zero-order valence-electron chi connectivity index (χ0n) is 19.8. The van der Waals surface area contributed by atoms with E-state index in [9.17, 15) is 9.59 Å². The average Bonchev–Trinajstić information content (AvgIpc) is 2.85. The van der Waals surface area contributed by atoms with Gasteiger partial charge in [0.1, 0.15) is 17.3 Å². The number of allylic oxidation sites excluding steroid dienone is 2. The smallest absolute Gasteiger partial charge is 0.235 e. The van der Waals surface area contributed by atoms with E-state index in [2.05, 4.69) is 10.3 Å². The Balaban J connectivity index is 1.54. The molecule has 35 heavy (non-hydrogen) atoms. The van der Waals surface area contributed by atoms with Crippen LogP contribution in [-0.2, 0) is 9.59 Å². The van der Waals surface area contributed by atoms with Crippen LogP contribution in [0.2, 0.25) is 0 Å². The van der Waals surface area contributed by atoms with Gasteiger partial charge in [-0.2, -0.15) is 0 Å². The number of nitrogens with one attached hydrogen (secondary N) is 1. The molecule has 6 heteroatoms. The lowest BCUT2D eigenvalue weighted by Gasteiger charge is -2.35. The van der Waals surface area contributed by atoms with E-state index in [4.69, 9.17) is 9.73 Å². The number of benzene rings is 2. The largest absolute Gasteiger partial charge is 0.457 e. The highest BCUT2D eigenvalue weighted by molar-refractivity contribution is 6.13. The number of carbonyl (C=O) groups is 2. The van der Waals surface area contributed by atoms with Crippen LogP contribution in [-0.4, -0.2) is 22.4 Å². The molecule has 0 fully saturated rings. The molecule has 1 unspecified atom stereocenters. The number of ketones is 1. The van der Waals surface area contributed by atoms with Crippen molar-refractivity contribution in [3.8, 4) is 11.5 Å². The van der Waals surface area contributed by atoms with Gasteiger partial charge in [-0.3, -0.25) is 14.6 Å². The van der Waals surface area contributed by atoms with Crippen molar-refractivity contribution in [2.45, 2.75) is 39.0 Å². The standard InChI is InChI=1S/C29H27N3O3/c1-18-14-15-25(30-17-18)32-29(34)26-19(2)31-23-12-7-13-24(33)28(23)27(26)20-8-6-11-22(16-20)35-21-9-4-3-5-10-21/h3-6,8-11,14-17,26-27H,7,12-13H2,1-2H3,(H,30,32,34)/t26?,27-/m0/s1.